The van der Waals surface area contributed by atoms with Gasteiger partial charge in [-0.1, -0.05) is 19.4 Å². The van der Waals surface area contributed by atoms with Crippen LogP contribution >= 0.6 is 0 Å². The van der Waals surface area contributed by atoms with Gasteiger partial charge in [0.2, 0.25) is 0 Å². The van der Waals surface area contributed by atoms with Crippen LogP contribution in [0, 0.1) is 11.8 Å². The second-order valence-electron chi connectivity index (χ2n) is 4.51. The molecule has 0 aromatic heterocycles. The van der Waals surface area contributed by atoms with Gasteiger partial charge in [0, 0.05) is 5.92 Å². The van der Waals surface area contributed by atoms with Gasteiger partial charge in [0.05, 0.1) is 0 Å². The van der Waals surface area contributed by atoms with E-state index in [9.17, 15) is 4.79 Å². The van der Waals surface area contributed by atoms with Crippen LogP contribution in [0.5, 0.6) is 0 Å². The zero-order chi connectivity index (χ0) is 9.26. The lowest BCUT2D eigenvalue weighted by molar-refractivity contribution is -0.117. The first kappa shape index (κ1) is 8.98. The highest BCUT2D eigenvalue weighted by Gasteiger charge is 2.39. The van der Waals surface area contributed by atoms with Crippen LogP contribution in [-0.2, 0) is 4.79 Å². The Morgan fingerprint density at radius 3 is 2.85 bits per heavy atom. The predicted molar refractivity (Wildman–Crippen MR) is 53.4 cm³/mol. The van der Waals surface area contributed by atoms with Gasteiger partial charge in [0.1, 0.15) is 0 Å². The fraction of sp³-hybridized carbons (Fsp3) is 0.750. The van der Waals surface area contributed by atoms with Crippen molar-refractivity contribution in [3.8, 4) is 0 Å². The van der Waals surface area contributed by atoms with E-state index in [0.29, 0.717) is 17.6 Å². The first-order valence-electron chi connectivity index (χ1n) is 5.52. The van der Waals surface area contributed by atoms with Gasteiger partial charge in [-0.15, -0.1) is 0 Å². The molecule has 72 valence electrons. The fourth-order valence-electron chi connectivity index (χ4n) is 2.16. The fourth-order valence-corrected chi connectivity index (χ4v) is 2.16. The third kappa shape index (κ3) is 2.01. The second kappa shape index (κ2) is 3.65. The SMILES string of the molecule is CC1CC1C(=O)C1=CCCCCC1. The van der Waals surface area contributed by atoms with Gasteiger partial charge in [0.25, 0.3) is 0 Å². The van der Waals surface area contributed by atoms with Gasteiger partial charge in [-0.05, 0) is 43.6 Å². The van der Waals surface area contributed by atoms with Crippen LogP contribution in [0.4, 0.5) is 0 Å². The molecule has 0 spiro atoms. The van der Waals surface area contributed by atoms with Crippen molar-refractivity contribution in [3.05, 3.63) is 11.6 Å². The third-order valence-corrected chi connectivity index (χ3v) is 3.30. The Balaban J connectivity index is 1.98. The minimum Gasteiger partial charge on any atom is -0.294 e. The average Bonchev–Trinajstić information content (AvgIpc) is 2.86. The molecule has 0 radical (unpaired) electrons. The zero-order valence-corrected chi connectivity index (χ0v) is 8.38. The van der Waals surface area contributed by atoms with E-state index in [1.165, 1.54) is 19.3 Å². The van der Waals surface area contributed by atoms with E-state index in [1.54, 1.807) is 0 Å². The Bertz CT molecular complexity index is 240. The lowest BCUT2D eigenvalue weighted by Crippen LogP contribution is -2.05. The molecular formula is C12H18O. The average molecular weight is 178 g/mol. The molecule has 1 heteroatoms. The number of Topliss-reactive ketones (excluding diaryl/α,β-unsaturated/α-hetero) is 1. The molecule has 2 aliphatic rings. The van der Waals surface area contributed by atoms with Crippen molar-refractivity contribution >= 4 is 5.78 Å². The third-order valence-electron chi connectivity index (χ3n) is 3.30. The van der Waals surface area contributed by atoms with Crippen LogP contribution in [0.25, 0.3) is 0 Å². The molecule has 0 N–H and O–H groups in total. The molecule has 0 aromatic rings. The summed E-state index contributed by atoms with van der Waals surface area (Å²) in [6.45, 7) is 2.18. The number of hydrogen-bond acceptors (Lipinski definition) is 1. The van der Waals surface area contributed by atoms with E-state index < -0.39 is 0 Å². The Labute approximate surface area is 80.2 Å². The lowest BCUT2D eigenvalue weighted by Gasteiger charge is -2.02. The molecule has 2 atom stereocenters. The molecule has 0 aromatic carbocycles. The minimum atomic E-state index is 0.393. The van der Waals surface area contributed by atoms with Crippen LogP contribution in [0.3, 0.4) is 0 Å². The van der Waals surface area contributed by atoms with E-state index in [2.05, 4.69) is 13.0 Å². The summed E-state index contributed by atoms with van der Waals surface area (Å²) in [5.74, 6) is 1.52. The van der Waals surface area contributed by atoms with Gasteiger partial charge in [-0.25, -0.2) is 0 Å². The lowest BCUT2D eigenvalue weighted by atomic mass is 10.0. The number of carbonyl (C=O) groups excluding carboxylic acids is 1. The standard InChI is InChI=1S/C12H18O/c1-9-8-11(9)12(13)10-6-4-2-3-5-7-10/h6,9,11H,2-5,7-8H2,1H3. The molecule has 0 aliphatic heterocycles. The largest absolute Gasteiger partial charge is 0.294 e. The molecule has 1 saturated carbocycles. The van der Waals surface area contributed by atoms with Gasteiger partial charge in [-0.2, -0.15) is 0 Å². The van der Waals surface area contributed by atoms with Crippen LogP contribution in [0.15, 0.2) is 11.6 Å². The minimum absolute atomic E-state index is 0.393. The topological polar surface area (TPSA) is 17.1 Å². The molecule has 1 fully saturated rings. The summed E-state index contributed by atoms with van der Waals surface area (Å²) in [4.78, 5) is 11.9. The van der Waals surface area contributed by atoms with Crippen LogP contribution in [-0.4, -0.2) is 5.78 Å². The monoisotopic (exact) mass is 178 g/mol. The highest BCUT2D eigenvalue weighted by atomic mass is 16.1. The zero-order valence-electron chi connectivity index (χ0n) is 8.38. The Morgan fingerprint density at radius 1 is 1.38 bits per heavy atom. The smallest absolute Gasteiger partial charge is 0.161 e. The van der Waals surface area contributed by atoms with Crippen LogP contribution in [0.1, 0.15) is 45.4 Å². The number of rotatable bonds is 2. The quantitative estimate of drug-likeness (QED) is 0.635. The summed E-state index contributed by atoms with van der Waals surface area (Å²) in [6.07, 6.45) is 9.30. The van der Waals surface area contributed by atoms with Gasteiger partial charge >= 0.3 is 0 Å². The summed E-state index contributed by atoms with van der Waals surface area (Å²) < 4.78 is 0. The van der Waals surface area contributed by atoms with Crippen molar-refractivity contribution in [3.63, 3.8) is 0 Å². The van der Waals surface area contributed by atoms with E-state index in [-0.39, 0.29) is 0 Å². The molecule has 0 amide bonds. The maximum atomic E-state index is 11.9. The molecule has 13 heavy (non-hydrogen) atoms. The molecule has 2 aliphatic carbocycles. The maximum absolute atomic E-state index is 11.9. The van der Waals surface area contributed by atoms with Gasteiger partial charge in [-0.3, -0.25) is 4.79 Å². The highest BCUT2D eigenvalue weighted by molar-refractivity contribution is 5.98. The highest BCUT2D eigenvalue weighted by Crippen LogP contribution is 2.41. The number of carbonyl (C=O) groups is 1. The van der Waals surface area contributed by atoms with Crippen LogP contribution in [0.2, 0.25) is 0 Å². The van der Waals surface area contributed by atoms with Crippen molar-refractivity contribution in [2.75, 3.05) is 0 Å². The van der Waals surface area contributed by atoms with Crippen molar-refractivity contribution in [2.45, 2.75) is 45.4 Å². The van der Waals surface area contributed by atoms with Gasteiger partial charge < -0.3 is 0 Å². The molecule has 0 bridgehead atoms. The number of hydrogen-bond donors (Lipinski definition) is 0. The van der Waals surface area contributed by atoms with Crippen molar-refractivity contribution in [2.24, 2.45) is 11.8 Å². The Hall–Kier alpha value is -0.590. The summed E-state index contributed by atoms with van der Waals surface area (Å²) in [5, 5.41) is 0. The molecule has 0 heterocycles. The second-order valence-corrected chi connectivity index (χ2v) is 4.51. The summed E-state index contributed by atoms with van der Waals surface area (Å²) >= 11 is 0. The number of allylic oxidation sites excluding steroid dienone is 2. The van der Waals surface area contributed by atoms with Crippen LogP contribution < -0.4 is 0 Å². The molecule has 2 rings (SSSR count). The molecule has 1 nitrogen and oxygen atoms in total. The predicted octanol–water partition coefficient (Wildman–Crippen LogP) is 3.10. The normalized spacial score (nSPS) is 33.5. The van der Waals surface area contributed by atoms with E-state index >= 15 is 0 Å². The van der Waals surface area contributed by atoms with Crippen molar-refractivity contribution < 1.29 is 4.79 Å². The van der Waals surface area contributed by atoms with E-state index in [1.807, 2.05) is 0 Å². The Kier molecular flexibility index (Phi) is 2.52. The Morgan fingerprint density at radius 2 is 2.15 bits per heavy atom. The molecular weight excluding hydrogens is 160 g/mol. The first-order valence-corrected chi connectivity index (χ1v) is 5.52. The van der Waals surface area contributed by atoms with Crippen molar-refractivity contribution in [1.29, 1.82) is 0 Å². The number of ketones is 1. The molecule has 2 unspecified atom stereocenters. The summed E-state index contributed by atoms with van der Waals surface area (Å²) in [7, 11) is 0. The van der Waals surface area contributed by atoms with Gasteiger partial charge in [0.15, 0.2) is 5.78 Å². The maximum Gasteiger partial charge on any atom is 0.161 e. The first-order chi connectivity index (χ1) is 6.29. The van der Waals surface area contributed by atoms with E-state index in [0.717, 1.165) is 24.8 Å². The van der Waals surface area contributed by atoms with E-state index in [4.69, 9.17) is 0 Å². The molecule has 0 saturated heterocycles. The van der Waals surface area contributed by atoms with Crippen molar-refractivity contribution in [1.82, 2.24) is 0 Å². The summed E-state index contributed by atoms with van der Waals surface area (Å²) in [5.41, 5.74) is 1.15. The summed E-state index contributed by atoms with van der Waals surface area (Å²) in [6, 6.07) is 0.